The van der Waals surface area contributed by atoms with Crippen LogP contribution < -0.4 is 46.1 Å². The summed E-state index contributed by atoms with van der Waals surface area (Å²) in [6.07, 6.45) is 17.0. The Balaban J connectivity index is 0.000000127. The number of ether oxygens (including phenoxy) is 3. The summed E-state index contributed by atoms with van der Waals surface area (Å²) in [5.41, 5.74) is 17.2. The number of anilines is 9. The van der Waals surface area contributed by atoms with Gasteiger partial charge in [-0.2, -0.15) is 15.0 Å². The van der Waals surface area contributed by atoms with Crippen molar-refractivity contribution < 1.29 is 14.2 Å². The molecule has 3 aliphatic rings. The molecular formula is C85H91N23O3S. The van der Waals surface area contributed by atoms with Gasteiger partial charge in [0.1, 0.15) is 42.9 Å². The summed E-state index contributed by atoms with van der Waals surface area (Å²) < 4.78 is 25.4. The third kappa shape index (κ3) is 19.5. The van der Waals surface area contributed by atoms with E-state index in [2.05, 4.69) is 137 Å². The van der Waals surface area contributed by atoms with Crippen molar-refractivity contribution in [2.24, 2.45) is 7.05 Å². The molecule has 570 valence electrons. The minimum atomic E-state index is 0.544. The molecule has 3 aliphatic heterocycles. The fourth-order valence-corrected chi connectivity index (χ4v) is 14.5. The van der Waals surface area contributed by atoms with Crippen LogP contribution in [0.15, 0.2) is 237 Å². The fraction of sp³-hybridized carbons (Fsp3) is 0.259. The number of aromatic nitrogens is 14. The predicted molar refractivity (Wildman–Crippen MR) is 444 cm³/mol. The second-order valence-electron chi connectivity index (χ2n) is 27.8. The largest absolute Gasteiger partial charge is 0.492 e. The van der Waals surface area contributed by atoms with Gasteiger partial charge in [0.2, 0.25) is 17.8 Å². The lowest BCUT2D eigenvalue weighted by Gasteiger charge is -2.15. The number of H-pyrrole nitrogens is 1. The lowest BCUT2D eigenvalue weighted by molar-refractivity contribution is 0.237. The topological polar surface area (TPSA) is 260 Å². The van der Waals surface area contributed by atoms with Gasteiger partial charge in [-0.1, -0.05) is 54.6 Å². The van der Waals surface area contributed by atoms with Crippen LogP contribution in [0.5, 0.6) is 17.2 Å². The number of hydrogen-bond acceptors (Lipinski definition) is 22. The Labute approximate surface area is 654 Å². The Kier molecular flexibility index (Phi) is 23.8. The number of hydrogen-bond donors (Lipinski definition) is 7. The number of aryl methyl sites for hydroxylation is 1. The number of likely N-dealkylation sites (tertiary alicyclic amines) is 3. The van der Waals surface area contributed by atoms with Gasteiger partial charge >= 0.3 is 0 Å². The van der Waals surface area contributed by atoms with Crippen LogP contribution in [0, 0.1) is 0 Å². The summed E-state index contributed by atoms with van der Waals surface area (Å²) in [4.78, 5) is 38.3. The van der Waals surface area contributed by atoms with Crippen LogP contribution in [0.2, 0.25) is 0 Å². The first-order chi connectivity index (χ1) is 55.3. The zero-order valence-corrected chi connectivity index (χ0v) is 63.5. The highest BCUT2D eigenvalue weighted by Crippen LogP contribution is 2.31. The average molecular weight is 1510 g/mol. The molecule has 27 heteroatoms. The quantitative estimate of drug-likeness (QED) is 0.0221. The van der Waals surface area contributed by atoms with Crippen LogP contribution >= 0.6 is 11.3 Å². The number of imidazole rings is 2. The number of nitrogens with zero attached hydrogens (tertiary/aromatic N) is 16. The van der Waals surface area contributed by atoms with Gasteiger partial charge in [-0.3, -0.25) is 19.7 Å². The minimum absolute atomic E-state index is 0.544. The van der Waals surface area contributed by atoms with Crippen molar-refractivity contribution >= 4 is 80.2 Å². The molecule has 0 bridgehead atoms. The highest BCUT2D eigenvalue weighted by Gasteiger charge is 2.18. The monoisotopic (exact) mass is 1510 g/mol. The summed E-state index contributed by atoms with van der Waals surface area (Å²) in [5.74, 6) is 5.15. The highest BCUT2D eigenvalue weighted by molar-refractivity contribution is 7.09. The third-order valence-corrected chi connectivity index (χ3v) is 20.6. The molecule has 0 aliphatic carbocycles. The molecule has 6 aromatic carbocycles. The Morgan fingerprint density at radius 3 is 1.17 bits per heavy atom. The normalized spacial score (nSPS) is 13.7. The SMILES string of the molecule is Cn1cncc1CNc1cccc(-c2cccc3nc(Nc4ccc(OCCN5CCCC5)cc4)nn23)c1.c1cc(NCc2cncs2)cc(-c2cccc3nc(Nc4ccc(OCCN5CCCC5)cc4)nn23)c1.c1cc(NCc2ncc[nH]2)cc(-c2cccc3nc(Nc4ccc(OCCN5CCCC5)cc4)nn23)c1. The molecule has 26 nitrogen and oxygen atoms in total. The van der Waals surface area contributed by atoms with E-state index in [1.165, 1.54) is 82.7 Å². The number of fused-ring (bicyclic) bond motifs is 3. The van der Waals surface area contributed by atoms with Gasteiger partial charge in [0.15, 0.2) is 16.9 Å². The molecule has 112 heavy (non-hydrogen) atoms. The van der Waals surface area contributed by atoms with E-state index in [0.717, 1.165) is 140 Å². The zero-order valence-electron chi connectivity index (χ0n) is 62.7. The number of pyridine rings is 3. The first-order valence-corrected chi connectivity index (χ1v) is 39.3. The lowest BCUT2D eigenvalue weighted by atomic mass is 10.1. The van der Waals surface area contributed by atoms with Gasteiger partial charge in [0.05, 0.1) is 54.2 Å². The van der Waals surface area contributed by atoms with E-state index < -0.39 is 0 Å². The smallest absolute Gasteiger partial charge is 0.247 e. The molecule has 0 atom stereocenters. The van der Waals surface area contributed by atoms with E-state index in [1.54, 1.807) is 17.5 Å². The van der Waals surface area contributed by atoms with Gasteiger partial charge < -0.3 is 55.7 Å². The molecule has 0 unspecified atom stereocenters. The van der Waals surface area contributed by atoms with Crippen LogP contribution in [-0.2, 0) is 26.7 Å². The van der Waals surface area contributed by atoms with Crippen molar-refractivity contribution in [2.75, 3.05) is 111 Å². The van der Waals surface area contributed by atoms with Crippen LogP contribution in [0.25, 0.3) is 50.7 Å². The maximum absolute atomic E-state index is 5.93. The third-order valence-electron chi connectivity index (χ3n) is 19.9. The van der Waals surface area contributed by atoms with Crippen LogP contribution in [0.1, 0.15) is 54.9 Å². The molecule has 0 amide bonds. The van der Waals surface area contributed by atoms with Gasteiger partial charge in [0.25, 0.3) is 0 Å². The molecule has 0 radical (unpaired) electrons. The molecular weight excluding hydrogens is 1420 g/mol. The van der Waals surface area contributed by atoms with Crippen molar-refractivity contribution in [2.45, 2.75) is 58.2 Å². The summed E-state index contributed by atoms with van der Waals surface area (Å²) in [6.45, 7) is 14.3. The second kappa shape index (κ2) is 36.2. The number of rotatable bonds is 30. The molecule has 15 aromatic rings. The molecule has 3 fully saturated rings. The maximum Gasteiger partial charge on any atom is 0.247 e. The molecule has 0 saturated carbocycles. The summed E-state index contributed by atoms with van der Waals surface area (Å²) in [7, 11) is 2.00. The van der Waals surface area contributed by atoms with Gasteiger partial charge in [-0.25, -0.2) is 23.5 Å². The van der Waals surface area contributed by atoms with Gasteiger partial charge in [-0.15, -0.1) is 26.6 Å². The predicted octanol–water partition coefficient (Wildman–Crippen LogP) is 15.6. The number of aromatic amines is 1. The molecule has 9 aromatic heterocycles. The molecule has 3 saturated heterocycles. The fourth-order valence-electron chi connectivity index (χ4n) is 13.9. The number of thiazole rings is 1. The van der Waals surface area contributed by atoms with E-state index in [9.17, 15) is 0 Å². The number of nitrogens with one attached hydrogen (secondary N) is 7. The van der Waals surface area contributed by atoms with Crippen molar-refractivity contribution in [1.29, 1.82) is 0 Å². The summed E-state index contributed by atoms with van der Waals surface area (Å²) in [6, 6.07) is 66.8. The molecule has 12 heterocycles. The zero-order chi connectivity index (χ0) is 75.5. The standard InChI is InChI=1S/C29H32N8O.C28H30N8O.C28H29N7OS/c1-35-21-30-19-25(35)20-31-24-7-4-6-22(18-24)27-8-5-9-28-33-29(34-37(27)28)32-23-10-12-26(13-11-23)38-17-16-36-14-2-3-15-36;1-2-16-35(15-1)17-18-37-24-11-9-22(10-12-24)32-28-33-27-8-4-7-25(36(27)34-28)21-5-3-6-23(19-21)31-20-26-29-13-14-30-26;1-2-14-34(13-1)15-16-36-24-11-9-22(10-12-24)31-28-32-27-8-4-7-26(35(27)33-28)21-5-3-6-23(17-21)30-19-25-18-29-20-37-25/h4-13,18-19,21,31H,2-3,14-17,20H2,1H3,(H,32,34);3-14,19,31H,1-2,15-18,20H2,(H,29,30)(H,32,34);3-12,17-18,20,30H,1-2,13-16,19H2,(H,31,33). The Bertz CT molecular complexity index is 5230. The van der Waals surface area contributed by atoms with Crippen LogP contribution in [-0.4, -0.2) is 162 Å². The molecule has 18 rings (SSSR count). The first-order valence-electron chi connectivity index (χ1n) is 38.4. The van der Waals surface area contributed by atoms with E-state index in [-0.39, 0.29) is 0 Å². The minimum Gasteiger partial charge on any atom is -0.492 e. The second-order valence-corrected chi connectivity index (χ2v) is 28.8. The van der Waals surface area contributed by atoms with E-state index >= 15 is 0 Å². The summed E-state index contributed by atoms with van der Waals surface area (Å²) in [5, 5.41) is 34.6. The van der Waals surface area contributed by atoms with E-state index in [1.807, 2.05) is 195 Å². The van der Waals surface area contributed by atoms with E-state index in [4.69, 9.17) is 34.5 Å². The van der Waals surface area contributed by atoms with Crippen molar-refractivity contribution in [3.63, 3.8) is 0 Å². The van der Waals surface area contributed by atoms with Gasteiger partial charge in [-0.05, 0) is 223 Å². The van der Waals surface area contributed by atoms with E-state index in [0.29, 0.717) is 50.8 Å². The summed E-state index contributed by atoms with van der Waals surface area (Å²) >= 11 is 1.65. The van der Waals surface area contributed by atoms with Crippen molar-refractivity contribution in [3.05, 3.63) is 253 Å². The Morgan fingerprint density at radius 2 is 0.804 bits per heavy atom. The van der Waals surface area contributed by atoms with Crippen molar-refractivity contribution in [1.82, 2.24) is 83.0 Å². The Morgan fingerprint density at radius 1 is 0.411 bits per heavy atom. The lowest BCUT2D eigenvalue weighted by Crippen LogP contribution is -2.25. The Hall–Kier alpha value is -12.7. The first kappa shape index (κ1) is 73.5. The molecule has 0 spiro atoms. The average Bonchev–Trinajstić information content (AvgIpc) is 1.63. The van der Waals surface area contributed by atoms with Crippen molar-refractivity contribution in [3.8, 4) is 51.0 Å². The maximum atomic E-state index is 5.93. The van der Waals surface area contributed by atoms with Gasteiger partial charge in [0, 0.05) is 107 Å². The molecule has 7 N–H and O–H groups in total. The van der Waals surface area contributed by atoms with Crippen LogP contribution in [0.3, 0.4) is 0 Å². The van der Waals surface area contributed by atoms with Crippen LogP contribution in [0.4, 0.5) is 52.0 Å². The number of benzene rings is 6. The highest BCUT2D eigenvalue weighted by atomic mass is 32.1.